The average Bonchev–Trinajstić information content (AvgIpc) is 2.79. The van der Waals surface area contributed by atoms with Crippen LogP contribution in [0.3, 0.4) is 0 Å². The van der Waals surface area contributed by atoms with Crippen molar-refractivity contribution in [3.63, 3.8) is 0 Å². The molecular weight excluding hydrogens is 414 g/mol. The molecule has 0 aliphatic carbocycles. The van der Waals surface area contributed by atoms with Gasteiger partial charge in [0.15, 0.2) is 6.61 Å². The van der Waals surface area contributed by atoms with Crippen LogP contribution in [0.25, 0.3) is 6.08 Å². The summed E-state index contributed by atoms with van der Waals surface area (Å²) in [6, 6.07) is 24.4. The molecule has 2 N–H and O–H groups in total. The monoisotopic (exact) mass is 431 g/mol. The summed E-state index contributed by atoms with van der Waals surface area (Å²) in [7, 11) is 0. The summed E-state index contributed by atoms with van der Waals surface area (Å²) in [6.07, 6.45) is 1.46. The lowest BCUT2D eigenvalue weighted by Gasteiger charge is -2.08. The molecule has 0 saturated heterocycles. The molecule has 0 atom stereocenters. The summed E-state index contributed by atoms with van der Waals surface area (Å²) in [6.45, 7) is -0.145. The smallest absolute Gasteiger partial charge is 0.266 e. The van der Waals surface area contributed by atoms with Gasteiger partial charge in [-0.05, 0) is 48.0 Å². The minimum absolute atomic E-state index is 0.0733. The number of rotatable bonds is 7. The van der Waals surface area contributed by atoms with Crippen LogP contribution in [0.15, 0.2) is 84.4 Å². The number of nitrogens with zero attached hydrogens (tertiary/aromatic N) is 1. The Hall–Kier alpha value is -4.08. The third-order valence-corrected chi connectivity index (χ3v) is 4.44. The molecule has 0 bridgehead atoms. The zero-order valence-corrected chi connectivity index (χ0v) is 17.1. The fraction of sp³-hybridized carbons (Fsp3) is 0.0417. The summed E-state index contributed by atoms with van der Waals surface area (Å²) in [5.74, 6) is -0.355. The number of benzene rings is 3. The van der Waals surface area contributed by atoms with Crippen molar-refractivity contribution in [1.29, 1.82) is 5.26 Å². The van der Waals surface area contributed by atoms with E-state index in [1.165, 1.54) is 6.08 Å². The van der Waals surface area contributed by atoms with Crippen LogP contribution in [-0.2, 0) is 9.59 Å². The summed E-state index contributed by atoms with van der Waals surface area (Å²) in [5, 5.41) is 15.1. The Morgan fingerprint density at radius 1 is 0.935 bits per heavy atom. The van der Waals surface area contributed by atoms with Crippen molar-refractivity contribution in [2.24, 2.45) is 0 Å². The van der Waals surface area contributed by atoms with Crippen molar-refractivity contribution < 1.29 is 14.3 Å². The molecule has 0 unspecified atom stereocenters. The fourth-order valence-electron chi connectivity index (χ4n) is 2.60. The van der Waals surface area contributed by atoms with E-state index in [0.717, 1.165) is 0 Å². The number of para-hydroxylation sites is 2. The SMILES string of the molecule is N#C/C(=C\c1ccc(OCC(=O)Nc2ccccc2)cc1)C(=O)Nc1ccccc1Cl. The van der Waals surface area contributed by atoms with Crippen LogP contribution in [0.1, 0.15) is 5.56 Å². The number of carbonyl (C=O) groups excluding carboxylic acids is 2. The van der Waals surface area contributed by atoms with Gasteiger partial charge in [0.1, 0.15) is 17.4 Å². The first-order valence-electron chi connectivity index (χ1n) is 9.30. The first-order chi connectivity index (χ1) is 15.0. The molecule has 0 heterocycles. The van der Waals surface area contributed by atoms with Crippen LogP contribution >= 0.6 is 11.6 Å². The Kier molecular flexibility index (Phi) is 7.41. The van der Waals surface area contributed by atoms with Gasteiger partial charge in [-0.3, -0.25) is 9.59 Å². The number of nitriles is 1. The topological polar surface area (TPSA) is 91.2 Å². The van der Waals surface area contributed by atoms with Crippen molar-refractivity contribution in [2.45, 2.75) is 0 Å². The number of nitrogens with one attached hydrogen (secondary N) is 2. The van der Waals surface area contributed by atoms with Crippen LogP contribution in [-0.4, -0.2) is 18.4 Å². The van der Waals surface area contributed by atoms with E-state index in [4.69, 9.17) is 16.3 Å². The molecule has 0 spiro atoms. The van der Waals surface area contributed by atoms with Gasteiger partial charge in [0.25, 0.3) is 11.8 Å². The zero-order valence-electron chi connectivity index (χ0n) is 16.3. The van der Waals surface area contributed by atoms with Gasteiger partial charge in [-0.1, -0.05) is 54.1 Å². The van der Waals surface area contributed by atoms with Crippen LogP contribution in [0, 0.1) is 11.3 Å². The minimum Gasteiger partial charge on any atom is -0.484 e. The van der Waals surface area contributed by atoms with Gasteiger partial charge in [0, 0.05) is 5.69 Å². The lowest BCUT2D eigenvalue weighted by Crippen LogP contribution is -2.20. The molecule has 3 rings (SSSR count). The maximum Gasteiger partial charge on any atom is 0.266 e. The maximum absolute atomic E-state index is 12.4. The van der Waals surface area contributed by atoms with Crippen molar-refractivity contribution in [2.75, 3.05) is 17.2 Å². The second-order valence-corrected chi connectivity index (χ2v) is 6.78. The number of hydrogen-bond acceptors (Lipinski definition) is 4. The first kappa shape index (κ1) is 21.6. The molecule has 2 amide bonds. The Morgan fingerprint density at radius 3 is 2.29 bits per heavy atom. The summed E-state index contributed by atoms with van der Waals surface area (Å²) in [5.41, 5.74) is 1.67. The van der Waals surface area contributed by atoms with Crippen LogP contribution < -0.4 is 15.4 Å². The van der Waals surface area contributed by atoms with Gasteiger partial charge in [-0.15, -0.1) is 0 Å². The van der Waals surface area contributed by atoms with Crippen molar-refractivity contribution >= 4 is 40.9 Å². The largest absolute Gasteiger partial charge is 0.484 e. The lowest BCUT2D eigenvalue weighted by molar-refractivity contribution is -0.118. The number of carbonyl (C=O) groups is 2. The molecule has 7 heteroatoms. The molecule has 0 radical (unpaired) electrons. The first-order valence-corrected chi connectivity index (χ1v) is 9.68. The highest BCUT2D eigenvalue weighted by Crippen LogP contribution is 2.21. The molecular formula is C24H18ClN3O3. The molecule has 0 saturated carbocycles. The molecule has 0 fully saturated rings. The van der Waals surface area contributed by atoms with Gasteiger partial charge in [-0.2, -0.15) is 5.26 Å². The Bertz CT molecular complexity index is 1140. The van der Waals surface area contributed by atoms with Crippen molar-refractivity contribution in [3.8, 4) is 11.8 Å². The number of halogens is 1. The lowest BCUT2D eigenvalue weighted by atomic mass is 10.1. The Labute approximate surface area is 184 Å². The number of amides is 2. The van der Waals surface area contributed by atoms with E-state index in [1.54, 1.807) is 60.7 Å². The van der Waals surface area contributed by atoms with Crippen molar-refractivity contribution in [1.82, 2.24) is 0 Å². The Morgan fingerprint density at radius 2 is 1.61 bits per heavy atom. The number of ether oxygens (including phenoxy) is 1. The normalized spacial score (nSPS) is 10.6. The highest BCUT2D eigenvalue weighted by molar-refractivity contribution is 6.34. The summed E-state index contributed by atoms with van der Waals surface area (Å²) >= 11 is 6.03. The van der Waals surface area contributed by atoms with Crippen LogP contribution in [0.5, 0.6) is 5.75 Å². The van der Waals surface area contributed by atoms with Gasteiger partial charge in [0.05, 0.1) is 10.7 Å². The van der Waals surface area contributed by atoms with Gasteiger partial charge in [0.2, 0.25) is 0 Å². The predicted molar refractivity (Wildman–Crippen MR) is 121 cm³/mol. The molecule has 6 nitrogen and oxygen atoms in total. The zero-order chi connectivity index (χ0) is 22.1. The van der Waals surface area contributed by atoms with Crippen molar-refractivity contribution in [3.05, 3.63) is 95.0 Å². The predicted octanol–water partition coefficient (Wildman–Crippen LogP) is 4.90. The highest BCUT2D eigenvalue weighted by Gasteiger charge is 2.11. The van der Waals surface area contributed by atoms with Gasteiger partial charge < -0.3 is 15.4 Å². The van der Waals surface area contributed by atoms with E-state index in [0.29, 0.717) is 27.7 Å². The van der Waals surface area contributed by atoms with E-state index in [2.05, 4.69) is 10.6 Å². The second-order valence-electron chi connectivity index (χ2n) is 6.38. The van der Waals surface area contributed by atoms with E-state index in [9.17, 15) is 14.9 Å². The molecule has 0 aromatic heterocycles. The molecule has 31 heavy (non-hydrogen) atoms. The van der Waals surface area contributed by atoms with Crippen LogP contribution in [0.2, 0.25) is 5.02 Å². The summed E-state index contributed by atoms with van der Waals surface area (Å²) < 4.78 is 5.47. The Balaban J connectivity index is 1.58. The molecule has 0 aliphatic rings. The third-order valence-electron chi connectivity index (χ3n) is 4.11. The molecule has 0 aliphatic heterocycles. The van der Waals surface area contributed by atoms with E-state index in [-0.39, 0.29) is 18.1 Å². The third kappa shape index (κ3) is 6.46. The molecule has 3 aromatic carbocycles. The second kappa shape index (κ2) is 10.6. The number of anilines is 2. The minimum atomic E-state index is -0.562. The van der Waals surface area contributed by atoms with Gasteiger partial charge in [-0.25, -0.2) is 0 Å². The fourth-order valence-corrected chi connectivity index (χ4v) is 2.78. The highest BCUT2D eigenvalue weighted by atomic mass is 35.5. The molecule has 154 valence electrons. The van der Waals surface area contributed by atoms with E-state index in [1.807, 2.05) is 24.3 Å². The maximum atomic E-state index is 12.4. The van der Waals surface area contributed by atoms with E-state index < -0.39 is 5.91 Å². The standard InChI is InChI=1S/C24H18ClN3O3/c25-21-8-4-5-9-22(21)28-24(30)18(15-26)14-17-10-12-20(13-11-17)31-16-23(29)27-19-6-2-1-3-7-19/h1-14H,16H2,(H,27,29)(H,28,30)/b18-14+. The average molecular weight is 432 g/mol. The molecule has 3 aromatic rings. The van der Waals surface area contributed by atoms with Crippen LogP contribution in [0.4, 0.5) is 11.4 Å². The number of hydrogen-bond donors (Lipinski definition) is 2. The van der Waals surface area contributed by atoms with E-state index >= 15 is 0 Å². The van der Waals surface area contributed by atoms with Gasteiger partial charge >= 0.3 is 0 Å². The summed E-state index contributed by atoms with van der Waals surface area (Å²) in [4.78, 5) is 24.3. The quantitative estimate of drug-likeness (QED) is 0.411.